The second-order valence-electron chi connectivity index (χ2n) is 3.81. The van der Waals surface area contributed by atoms with Crippen molar-refractivity contribution in [3.8, 4) is 11.5 Å². The molecule has 0 aliphatic heterocycles. The first-order valence-electron chi connectivity index (χ1n) is 5.94. The predicted molar refractivity (Wildman–Crippen MR) is 69.4 cm³/mol. The Morgan fingerprint density at radius 2 is 2.28 bits per heavy atom. The first-order chi connectivity index (χ1) is 8.81. The highest BCUT2D eigenvalue weighted by atomic mass is 35.5. The number of hydrogen-bond donors (Lipinski definition) is 1. The summed E-state index contributed by atoms with van der Waals surface area (Å²) in [6.45, 7) is 4.00. The van der Waals surface area contributed by atoms with Gasteiger partial charge in [0, 0.05) is 18.8 Å². The maximum Gasteiger partial charge on any atom is 0.249 e. The summed E-state index contributed by atoms with van der Waals surface area (Å²) in [4.78, 5) is 3.92. The van der Waals surface area contributed by atoms with Gasteiger partial charge in [-0.25, -0.2) is 0 Å². The van der Waals surface area contributed by atoms with Crippen LogP contribution in [0.3, 0.4) is 0 Å². The highest BCUT2D eigenvalue weighted by molar-refractivity contribution is 6.32. The van der Waals surface area contributed by atoms with Crippen LogP contribution >= 0.6 is 11.6 Å². The zero-order chi connectivity index (χ0) is 12.8. The molecule has 18 heavy (non-hydrogen) atoms. The molecule has 96 valence electrons. The molecule has 0 saturated carbocycles. The van der Waals surface area contributed by atoms with E-state index in [0.717, 1.165) is 31.5 Å². The van der Waals surface area contributed by atoms with Crippen molar-refractivity contribution in [3.05, 3.63) is 29.4 Å². The van der Waals surface area contributed by atoms with Gasteiger partial charge in [0.25, 0.3) is 0 Å². The van der Waals surface area contributed by atoms with Crippen LogP contribution in [0.2, 0.25) is 5.02 Å². The molecule has 2 heterocycles. The molecule has 0 saturated heterocycles. The van der Waals surface area contributed by atoms with E-state index >= 15 is 0 Å². The molecule has 6 heteroatoms. The summed E-state index contributed by atoms with van der Waals surface area (Å²) >= 11 is 6.01. The van der Waals surface area contributed by atoms with Crippen molar-refractivity contribution in [2.24, 2.45) is 0 Å². The normalized spacial score (nSPS) is 10.8. The number of hydrogen-bond acceptors (Lipinski definition) is 5. The van der Waals surface area contributed by atoms with Crippen LogP contribution in [0.15, 0.2) is 22.9 Å². The van der Waals surface area contributed by atoms with Crippen molar-refractivity contribution in [1.29, 1.82) is 0 Å². The van der Waals surface area contributed by atoms with Crippen molar-refractivity contribution in [2.45, 2.75) is 19.8 Å². The smallest absolute Gasteiger partial charge is 0.249 e. The van der Waals surface area contributed by atoms with Crippen LogP contribution in [0.4, 0.5) is 0 Å². The van der Waals surface area contributed by atoms with Crippen LogP contribution in [0.5, 0.6) is 0 Å². The summed E-state index contributed by atoms with van der Waals surface area (Å²) in [6.07, 6.45) is 4.95. The number of nitrogens with zero attached hydrogens (tertiary/aromatic N) is 3. The molecule has 5 nitrogen and oxygen atoms in total. The fraction of sp³-hybridized carbons (Fsp3) is 0.417. The van der Waals surface area contributed by atoms with Gasteiger partial charge in [0.15, 0.2) is 0 Å². The lowest BCUT2D eigenvalue weighted by Gasteiger charge is -1.98. The van der Waals surface area contributed by atoms with E-state index in [9.17, 15) is 0 Å². The Hall–Kier alpha value is -1.46. The topological polar surface area (TPSA) is 63.8 Å². The van der Waals surface area contributed by atoms with Crippen LogP contribution in [0, 0.1) is 0 Å². The molecule has 0 radical (unpaired) electrons. The van der Waals surface area contributed by atoms with Gasteiger partial charge in [0.1, 0.15) is 0 Å². The average Bonchev–Trinajstić information content (AvgIpc) is 2.84. The van der Waals surface area contributed by atoms with Gasteiger partial charge in [0.05, 0.1) is 10.6 Å². The molecular weight excluding hydrogens is 252 g/mol. The van der Waals surface area contributed by atoms with Crippen molar-refractivity contribution in [1.82, 2.24) is 20.5 Å². The predicted octanol–water partition coefficient (Wildman–Crippen LogP) is 2.33. The Bertz CT molecular complexity index is 500. The molecule has 0 aliphatic carbocycles. The minimum absolute atomic E-state index is 0.445. The fourth-order valence-electron chi connectivity index (χ4n) is 1.55. The van der Waals surface area contributed by atoms with Crippen molar-refractivity contribution >= 4 is 11.6 Å². The summed E-state index contributed by atoms with van der Waals surface area (Å²) in [7, 11) is 0. The Labute approximate surface area is 111 Å². The summed E-state index contributed by atoms with van der Waals surface area (Å²) in [5.74, 6) is 1.08. The van der Waals surface area contributed by atoms with E-state index < -0.39 is 0 Å². The van der Waals surface area contributed by atoms with E-state index in [1.165, 1.54) is 0 Å². The monoisotopic (exact) mass is 266 g/mol. The number of halogens is 1. The lowest BCUT2D eigenvalue weighted by molar-refractivity contribution is 0.492. The molecule has 0 amide bonds. The fourth-order valence-corrected chi connectivity index (χ4v) is 1.75. The van der Waals surface area contributed by atoms with Crippen LogP contribution < -0.4 is 5.32 Å². The van der Waals surface area contributed by atoms with Gasteiger partial charge in [-0.05, 0) is 25.6 Å². The molecule has 2 aromatic heterocycles. The van der Waals surface area contributed by atoms with E-state index in [-0.39, 0.29) is 0 Å². The first kappa shape index (κ1) is 13.0. The quantitative estimate of drug-likeness (QED) is 0.813. The first-order valence-corrected chi connectivity index (χ1v) is 6.32. The highest BCUT2D eigenvalue weighted by Crippen LogP contribution is 2.25. The molecule has 0 spiro atoms. The van der Waals surface area contributed by atoms with Gasteiger partial charge in [-0.1, -0.05) is 18.5 Å². The number of rotatable bonds is 6. The molecule has 2 rings (SSSR count). The largest absolute Gasteiger partial charge is 0.421 e. The van der Waals surface area contributed by atoms with Crippen molar-refractivity contribution in [2.75, 3.05) is 13.1 Å². The minimum atomic E-state index is 0.445. The third kappa shape index (κ3) is 3.27. The third-order valence-electron chi connectivity index (χ3n) is 2.46. The molecule has 0 bridgehead atoms. The average molecular weight is 267 g/mol. The Morgan fingerprint density at radius 1 is 1.39 bits per heavy atom. The van der Waals surface area contributed by atoms with E-state index in [0.29, 0.717) is 16.8 Å². The number of nitrogens with one attached hydrogen (secondary N) is 1. The van der Waals surface area contributed by atoms with Crippen LogP contribution in [0.1, 0.15) is 19.2 Å². The van der Waals surface area contributed by atoms with Gasteiger partial charge in [-0.2, -0.15) is 0 Å². The van der Waals surface area contributed by atoms with Gasteiger partial charge in [0.2, 0.25) is 11.8 Å². The molecule has 0 aromatic carbocycles. The second kappa shape index (κ2) is 6.47. The zero-order valence-electron chi connectivity index (χ0n) is 10.2. The van der Waals surface area contributed by atoms with Crippen LogP contribution in [-0.2, 0) is 6.42 Å². The van der Waals surface area contributed by atoms with E-state index in [1.54, 1.807) is 18.5 Å². The summed E-state index contributed by atoms with van der Waals surface area (Å²) in [6, 6.07) is 1.76. The zero-order valence-corrected chi connectivity index (χ0v) is 10.9. The molecule has 0 aliphatic rings. The Balaban J connectivity index is 2.00. The van der Waals surface area contributed by atoms with Gasteiger partial charge < -0.3 is 9.73 Å². The number of aryl methyl sites for hydroxylation is 1. The van der Waals surface area contributed by atoms with Crippen LogP contribution in [0.25, 0.3) is 11.5 Å². The Morgan fingerprint density at radius 3 is 3.06 bits per heavy atom. The van der Waals surface area contributed by atoms with Crippen molar-refractivity contribution < 1.29 is 4.42 Å². The Kier molecular flexibility index (Phi) is 4.66. The minimum Gasteiger partial charge on any atom is -0.421 e. The maximum absolute atomic E-state index is 6.01. The summed E-state index contributed by atoms with van der Waals surface area (Å²) in [5.41, 5.74) is 0.720. The number of pyridine rings is 1. The number of aromatic nitrogens is 3. The second-order valence-corrected chi connectivity index (χ2v) is 4.22. The van der Waals surface area contributed by atoms with Crippen LogP contribution in [-0.4, -0.2) is 28.3 Å². The molecule has 2 aromatic rings. The lowest BCUT2D eigenvalue weighted by Crippen LogP contribution is -2.14. The van der Waals surface area contributed by atoms with E-state index in [1.807, 2.05) is 0 Å². The molecule has 1 N–H and O–H groups in total. The third-order valence-corrected chi connectivity index (χ3v) is 2.77. The summed E-state index contributed by atoms with van der Waals surface area (Å²) in [5, 5.41) is 11.8. The lowest BCUT2D eigenvalue weighted by atomic mass is 10.3. The molecular formula is C12H15ClN4O. The molecule has 0 fully saturated rings. The molecule has 0 atom stereocenters. The van der Waals surface area contributed by atoms with Gasteiger partial charge in [-0.3, -0.25) is 4.98 Å². The van der Waals surface area contributed by atoms with E-state index in [2.05, 4.69) is 27.4 Å². The molecule has 0 unspecified atom stereocenters. The van der Waals surface area contributed by atoms with Crippen molar-refractivity contribution in [3.63, 3.8) is 0 Å². The van der Waals surface area contributed by atoms with Gasteiger partial charge >= 0.3 is 0 Å². The maximum atomic E-state index is 6.01. The van der Waals surface area contributed by atoms with E-state index in [4.69, 9.17) is 16.0 Å². The van der Waals surface area contributed by atoms with Gasteiger partial charge in [-0.15, -0.1) is 10.2 Å². The highest BCUT2D eigenvalue weighted by Gasteiger charge is 2.11. The SMILES string of the molecule is CCNCCCc1nnc(-c2ccncc2Cl)o1. The summed E-state index contributed by atoms with van der Waals surface area (Å²) < 4.78 is 5.57. The standard InChI is InChI=1S/C12H15ClN4O/c1-2-14-6-3-4-11-16-17-12(18-11)9-5-7-15-8-10(9)13/h5,7-8,14H,2-4,6H2,1H3.